The van der Waals surface area contributed by atoms with Gasteiger partial charge < -0.3 is 10.1 Å². The minimum absolute atomic E-state index is 0.166. The van der Waals surface area contributed by atoms with Gasteiger partial charge in [-0.15, -0.1) is 0 Å². The van der Waals surface area contributed by atoms with Crippen molar-refractivity contribution in [3.63, 3.8) is 0 Å². The molecule has 0 unspecified atom stereocenters. The number of halogens is 1. The number of carbonyl (C=O) groups is 1. The summed E-state index contributed by atoms with van der Waals surface area (Å²) in [6.07, 6.45) is 3.21. The van der Waals surface area contributed by atoms with E-state index in [2.05, 4.69) is 5.32 Å². The van der Waals surface area contributed by atoms with Crippen molar-refractivity contribution in [3.05, 3.63) is 70.8 Å². The molecule has 2 aromatic carbocycles. The molecular weight excluding hydrogens is 286 g/mol. The lowest BCUT2D eigenvalue weighted by molar-refractivity contribution is -0.116. The summed E-state index contributed by atoms with van der Waals surface area (Å²) < 4.78 is 5.24. The van der Waals surface area contributed by atoms with Crippen LogP contribution in [0.1, 0.15) is 11.1 Å². The van der Waals surface area contributed by atoms with Crippen molar-refractivity contribution >= 4 is 23.6 Å². The molecule has 0 aromatic heterocycles. The van der Waals surface area contributed by atoms with Crippen molar-refractivity contribution in [2.75, 3.05) is 7.11 Å². The number of carbonyl (C=O) groups excluding carboxylic acids is 1. The number of nitrogens with one attached hydrogen (secondary N) is 1. The van der Waals surface area contributed by atoms with E-state index in [1.54, 1.807) is 25.3 Å². The van der Waals surface area contributed by atoms with Crippen molar-refractivity contribution in [2.24, 2.45) is 0 Å². The molecule has 1 amide bonds. The second kappa shape index (κ2) is 7.50. The van der Waals surface area contributed by atoms with E-state index in [1.165, 1.54) is 6.08 Å². The molecule has 0 saturated heterocycles. The van der Waals surface area contributed by atoms with E-state index in [0.29, 0.717) is 11.6 Å². The predicted molar refractivity (Wildman–Crippen MR) is 85.3 cm³/mol. The molecule has 21 heavy (non-hydrogen) atoms. The molecule has 0 heterocycles. The summed E-state index contributed by atoms with van der Waals surface area (Å²) >= 11 is 5.89. The van der Waals surface area contributed by atoms with Gasteiger partial charge >= 0.3 is 0 Å². The number of hydrogen-bond acceptors (Lipinski definition) is 2. The highest BCUT2D eigenvalue weighted by Crippen LogP contribution is 2.16. The number of ether oxygens (including phenoxy) is 1. The van der Waals surface area contributed by atoms with E-state index in [0.717, 1.165) is 16.9 Å². The number of methoxy groups -OCH3 is 1. The summed E-state index contributed by atoms with van der Waals surface area (Å²) in [5, 5.41) is 3.46. The van der Waals surface area contributed by atoms with Crippen LogP contribution in [-0.4, -0.2) is 13.0 Å². The van der Waals surface area contributed by atoms with Crippen LogP contribution in [0.2, 0.25) is 5.02 Å². The summed E-state index contributed by atoms with van der Waals surface area (Å²) in [6.45, 7) is 0.419. The standard InChI is InChI=1S/C17H16ClNO2/c1-21-16-8-3-2-6-14(16)12-19-17(20)10-9-13-5-4-7-15(18)11-13/h2-11H,12H2,1H3,(H,19,20). The van der Waals surface area contributed by atoms with Gasteiger partial charge in [0.15, 0.2) is 0 Å². The van der Waals surface area contributed by atoms with E-state index >= 15 is 0 Å². The Morgan fingerprint density at radius 1 is 1.24 bits per heavy atom. The molecule has 3 nitrogen and oxygen atoms in total. The smallest absolute Gasteiger partial charge is 0.244 e. The average molecular weight is 302 g/mol. The van der Waals surface area contributed by atoms with Crippen LogP contribution in [0.25, 0.3) is 6.08 Å². The van der Waals surface area contributed by atoms with Gasteiger partial charge in [0.2, 0.25) is 5.91 Å². The highest BCUT2D eigenvalue weighted by molar-refractivity contribution is 6.30. The lowest BCUT2D eigenvalue weighted by Gasteiger charge is -2.08. The molecule has 2 aromatic rings. The van der Waals surface area contributed by atoms with Crippen molar-refractivity contribution < 1.29 is 9.53 Å². The SMILES string of the molecule is COc1ccccc1CNC(=O)C=Cc1cccc(Cl)c1. The summed E-state index contributed by atoms with van der Waals surface area (Å²) in [7, 11) is 1.61. The largest absolute Gasteiger partial charge is 0.496 e. The van der Waals surface area contributed by atoms with Crippen molar-refractivity contribution in [1.29, 1.82) is 0 Å². The van der Waals surface area contributed by atoms with Crippen LogP contribution in [0.4, 0.5) is 0 Å². The van der Waals surface area contributed by atoms with Crippen LogP contribution >= 0.6 is 11.6 Å². The first-order valence-corrected chi connectivity index (χ1v) is 6.90. The van der Waals surface area contributed by atoms with Crippen molar-refractivity contribution in [1.82, 2.24) is 5.32 Å². The first-order valence-electron chi connectivity index (χ1n) is 6.52. The van der Waals surface area contributed by atoms with Crippen LogP contribution in [-0.2, 0) is 11.3 Å². The maximum absolute atomic E-state index is 11.8. The Kier molecular flexibility index (Phi) is 5.41. The molecule has 0 spiro atoms. The molecule has 0 aliphatic heterocycles. The van der Waals surface area contributed by atoms with E-state index in [4.69, 9.17) is 16.3 Å². The van der Waals surface area contributed by atoms with E-state index in [1.807, 2.05) is 36.4 Å². The molecule has 108 valence electrons. The Morgan fingerprint density at radius 3 is 2.81 bits per heavy atom. The molecule has 0 saturated carbocycles. The normalized spacial score (nSPS) is 10.6. The maximum atomic E-state index is 11.8. The molecule has 2 rings (SSSR count). The summed E-state index contributed by atoms with van der Waals surface area (Å²) in [5.41, 5.74) is 1.82. The van der Waals surface area contributed by atoms with E-state index in [-0.39, 0.29) is 5.91 Å². The molecule has 0 radical (unpaired) electrons. The number of benzene rings is 2. The number of amides is 1. The highest BCUT2D eigenvalue weighted by atomic mass is 35.5. The number of rotatable bonds is 5. The molecule has 1 N–H and O–H groups in total. The minimum Gasteiger partial charge on any atom is -0.496 e. The molecule has 0 atom stereocenters. The Labute approximate surface area is 129 Å². The highest BCUT2D eigenvalue weighted by Gasteiger charge is 2.02. The van der Waals surface area contributed by atoms with Gasteiger partial charge in [-0.05, 0) is 29.8 Å². The quantitative estimate of drug-likeness (QED) is 0.856. The topological polar surface area (TPSA) is 38.3 Å². The molecule has 4 heteroatoms. The van der Waals surface area contributed by atoms with Gasteiger partial charge in [-0.1, -0.05) is 41.9 Å². The van der Waals surface area contributed by atoms with Crippen molar-refractivity contribution in [3.8, 4) is 5.75 Å². The zero-order valence-corrected chi connectivity index (χ0v) is 12.4. The number of hydrogen-bond donors (Lipinski definition) is 1. The fraction of sp³-hybridized carbons (Fsp3) is 0.118. The van der Waals surface area contributed by atoms with Crippen LogP contribution < -0.4 is 10.1 Å². The van der Waals surface area contributed by atoms with Crippen LogP contribution in [0.5, 0.6) is 5.75 Å². The van der Waals surface area contributed by atoms with Crippen LogP contribution in [0.3, 0.4) is 0 Å². The van der Waals surface area contributed by atoms with Gasteiger partial charge in [0, 0.05) is 23.2 Å². The zero-order valence-electron chi connectivity index (χ0n) is 11.7. The lowest BCUT2D eigenvalue weighted by atomic mass is 10.2. The number of para-hydroxylation sites is 1. The van der Waals surface area contributed by atoms with Crippen LogP contribution in [0, 0.1) is 0 Å². The fourth-order valence-corrected chi connectivity index (χ4v) is 2.07. The Morgan fingerprint density at radius 2 is 2.05 bits per heavy atom. The molecule has 0 fully saturated rings. The third-order valence-electron chi connectivity index (χ3n) is 2.92. The zero-order chi connectivity index (χ0) is 15.1. The predicted octanol–water partition coefficient (Wildman–Crippen LogP) is 3.68. The summed E-state index contributed by atoms with van der Waals surface area (Å²) in [6, 6.07) is 14.9. The first-order chi connectivity index (χ1) is 10.2. The van der Waals surface area contributed by atoms with Gasteiger partial charge in [0.1, 0.15) is 5.75 Å². The molecule has 0 aliphatic carbocycles. The summed E-state index contributed by atoms with van der Waals surface area (Å²) in [4.78, 5) is 11.8. The Balaban J connectivity index is 1.93. The van der Waals surface area contributed by atoms with Crippen molar-refractivity contribution in [2.45, 2.75) is 6.54 Å². The molecule has 0 bridgehead atoms. The Hall–Kier alpha value is -2.26. The second-order valence-corrected chi connectivity index (χ2v) is 4.85. The third kappa shape index (κ3) is 4.65. The molecular formula is C17H16ClNO2. The minimum atomic E-state index is -0.166. The maximum Gasteiger partial charge on any atom is 0.244 e. The van der Waals surface area contributed by atoms with Gasteiger partial charge in [0.05, 0.1) is 7.11 Å². The second-order valence-electron chi connectivity index (χ2n) is 4.42. The van der Waals surface area contributed by atoms with Gasteiger partial charge in [-0.2, -0.15) is 0 Å². The monoisotopic (exact) mass is 301 g/mol. The lowest BCUT2D eigenvalue weighted by Crippen LogP contribution is -2.20. The van der Waals surface area contributed by atoms with Crippen LogP contribution in [0.15, 0.2) is 54.6 Å². The van der Waals surface area contributed by atoms with E-state index < -0.39 is 0 Å². The van der Waals surface area contributed by atoms with Gasteiger partial charge in [0.25, 0.3) is 0 Å². The van der Waals surface area contributed by atoms with E-state index in [9.17, 15) is 4.79 Å². The first kappa shape index (κ1) is 15.1. The van der Waals surface area contributed by atoms with Gasteiger partial charge in [-0.25, -0.2) is 0 Å². The third-order valence-corrected chi connectivity index (χ3v) is 3.16. The fourth-order valence-electron chi connectivity index (χ4n) is 1.87. The van der Waals surface area contributed by atoms with Gasteiger partial charge in [-0.3, -0.25) is 4.79 Å². The Bertz CT molecular complexity index is 653. The average Bonchev–Trinajstić information content (AvgIpc) is 2.51. The summed E-state index contributed by atoms with van der Waals surface area (Å²) in [5.74, 6) is 0.595. The molecule has 0 aliphatic rings.